The largest absolute Gasteiger partial charge is 0.504 e. The molecule has 0 aliphatic rings. The molecule has 0 unspecified atom stereocenters. The highest BCUT2D eigenvalue weighted by Crippen LogP contribution is 2.27. The van der Waals surface area contributed by atoms with Crippen LogP contribution in [0.4, 0.5) is 5.95 Å². The van der Waals surface area contributed by atoms with Crippen LogP contribution in [0.1, 0.15) is 17.3 Å². The van der Waals surface area contributed by atoms with E-state index in [0.29, 0.717) is 27.5 Å². The predicted octanol–water partition coefficient (Wildman–Crippen LogP) is 1.56. The Labute approximate surface area is 153 Å². The standard InChI is InChI=1S/C16H18N6O3S/c1-8(20-14(24)9-3-4-10(23)11(5-9)25-2)6-26-15-12-13(19-7-18-12)21-16(17)22-15/h3-5,7-8,23H,6H2,1-2H3,(H,20,24)(H3,17,18,19,21,22)/t8-/m0/s1. The molecule has 0 radical (unpaired) electrons. The number of aromatic nitrogens is 4. The van der Waals surface area contributed by atoms with Crippen molar-refractivity contribution in [2.75, 3.05) is 18.6 Å². The minimum atomic E-state index is -0.259. The minimum absolute atomic E-state index is 0.0161. The average molecular weight is 374 g/mol. The zero-order valence-corrected chi connectivity index (χ0v) is 15.0. The van der Waals surface area contributed by atoms with Gasteiger partial charge in [-0.1, -0.05) is 0 Å². The number of fused-ring (bicyclic) bond motifs is 1. The second-order valence-electron chi connectivity index (χ2n) is 5.56. The first kappa shape index (κ1) is 17.8. The lowest BCUT2D eigenvalue weighted by Crippen LogP contribution is -2.34. The summed E-state index contributed by atoms with van der Waals surface area (Å²) < 4.78 is 5.02. The molecule has 3 rings (SSSR count). The van der Waals surface area contributed by atoms with Crippen LogP contribution in [-0.4, -0.2) is 49.9 Å². The van der Waals surface area contributed by atoms with E-state index in [1.165, 1.54) is 43.4 Å². The number of nitrogens with one attached hydrogen (secondary N) is 2. The summed E-state index contributed by atoms with van der Waals surface area (Å²) >= 11 is 1.44. The van der Waals surface area contributed by atoms with E-state index in [9.17, 15) is 9.90 Å². The van der Waals surface area contributed by atoms with Gasteiger partial charge in [0.15, 0.2) is 17.1 Å². The monoisotopic (exact) mass is 374 g/mol. The van der Waals surface area contributed by atoms with Gasteiger partial charge in [0.2, 0.25) is 5.95 Å². The number of phenols is 1. The van der Waals surface area contributed by atoms with Crippen molar-refractivity contribution in [1.82, 2.24) is 25.3 Å². The number of carbonyl (C=O) groups excluding carboxylic acids is 1. The molecular formula is C16H18N6O3S. The molecule has 2 heterocycles. The number of rotatable bonds is 6. The first-order chi connectivity index (χ1) is 12.5. The first-order valence-electron chi connectivity index (χ1n) is 7.75. The van der Waals surface area contributed by atoms with Gasteiger partial charge in [0, 0.05) is 17.4 Å². The molecule has 9 nitrogen and oxygen atoms in total. The van der Waals surface area contributed by atoms with Gasteiger partial charge < -0.3 is 25.9 Å². The van der Waals surface area contributed by atoms with Gasteiger partial charge in [-0.25, -0.2) is 9.97 Å². The second-order valence-corrected chi connectivity index (χ2v) is 6.57. The number of imidazole rings is 1. The van der Waals surface area contributed by atoms with E-state index in [2.05, 4.69) is 25.3 Å². The van der Waals surface area contributed by atoms with Gasteiger partial charge in [-0.2, -0.15) is 4.98 Å². The van der Waals surface area contributed by atoms with Crippen LogP contribution in [0.15, 0.2) is 29.6 Å². The Bertz CT molecular complexity index is 945. The van der Waals surface area contributed by atoms with Crippen LogP contribution in [0.3, 0.4) is 0 Å². The number of phenolic OH excluding ortho intramolecular Hbond substituents is 1. The molecule has 0 aliphatic carbocycles. The van der Waals surface area contributed by atoms with Crippen LogP contribution in [0.5, 0.6) is 11.5 Å². The molecule has 0 spiro atoms. The number of nitrogens with two attached hydrogens (primary N) is 1. The third kappa shape index (κ3) is 3.80. The molecule has 0 aliphatic heterocycles. The summed E-state index contributed by atoms with van der Waals surface area (Å²) in [4.78, 5) is 27.7. The van der Waals surface area contributed by atoms with Crippen molar-refractivity contribution >= 4 is 34.8 Å². The fraction of sp³-hybridized carbons (Fsp3) is 0.250. The van der Waals surface area contributed by atoms with Crippen molar-refractivity contribution in [2.24, 2.45) is 0 Å². The maximum Gasteiger partial charge on any atom is 0.251 e. The topological polar surface area (TPSA) is 139 Å². The number of nitrogen functional groups attached to an aromatic ring is 1. The average Bonchev–Trinajstić information content (AvgIpc) is 3.08. The lowest BCUT2D eigenvalue weighted by Gasteiger charge is -2.14. The van der Waals surface area contributed by atoms with E-state index in [0.717, 1.165) is 0 Å². The Morgan fingerprint density at radius 1 is 1.46 bits per heavy atom. The summed E-state index contributed by atoms with van der Waals surface area (Å²) in [7, 11) is 1.43. The Morgan fingerprint density at radius 2 is 2.27 bits per heavy atom. The van der Waals surface area contributed by atoms with Gasteiger partial charge in [-0.15, -0.1) is 11.8 Å². The first-order valence-corrected chi connectivity index (χ1v) is 8.73. The third-order valence-corrected chi connectivity index (χ3v) is 4.79. The van der Waals surface area contributed by atoms with Gasteiger partial charge in [0.25, 0.3) is 5.91 Å². The maximum absolute atomic E-state index is 12.4. The van der Waals surface area contributed by atoms with Gasteiger partial charge in [-0.05, 0) is 25.1 Å². The Morgan fingerprint density at radius 3 is 3.04 bits per heavy atom. The summed E-state index contributed by atoms with van der Waals surface area (Å²) in [5, 5.41) is 13.2. The molecule has 1 amide bonds. The predicted molar refractivity (Wildman–Crippen MR) is 98.4 cm³/mol. The number of thioether (sulfide) groups is 1. The highest BCUT2D eigenvalue weighted by molar-refractivity contribution is 7.99. The molecule has 1 aromatic carbocycles. The van der Waals surface area contributed by atoms with Crippen molar-refractivity contribution < 1.29 is 14.6 Å². The lowest BCUT2D eigenvalue weighted by molar-refractivity contribution is 0.0943. The number of methoxy groups -OCH3 is 1. The van der Waals surface area contributed by atoms with Crippen molar-refractivity contribution in [3.8, 4) is 11.5 Å². The summed E-state index contributed by atoms with van der Waals surface area (Å²) in [5.41, 5.74) is 7.32. The Balaban J connectivity index is 1.64. The number of anilines is 1. The number of nitrogens with zero attached hydrogens (tertiary/aromatic N) is 3. The van der Waals surface area contributed by atoms with E-state index in [1.807, 2.05) is 6.92 Å². The van der Waals surface area contributed by atoms with E-state index in [4.69, 9.17) is 10.5 Å². The van der Waals surface area contributed by atoms with Gasteiger partial charge in [0.1, 0.15) is 10.5 Å². The number of ether oxygens (including phenoxy) is 1. The molecule has 10 heteroatoms. The number of carbonyl (C=O) groups is 1. The summed E-state index contributed by atoms with van der Waals surface area (Å²) in [6.07, 6.45) is 1.53. The lowest BCUT2D eigenvalue weighted by atomic mass is 10.2. The smallest absolute Gasteiger partial charge is 0.251 e. The highest BCUT2D eigenvalue weighted by atomic mass is 32.2. The third-order valence-electron chi connectivity index (χ3n) is 3.56. The quantitative estimate of drug-likeness (QED) is 0.376. The molecule has 0 saturated carbocycles. The SMILES string of the molecule is COc1cc(C(=O)N[C@@H](C)CSc2nc(N)nc3nc[nH]c23)ccc1O. The number of H-pyrrole nitrogens is 1. The van der Waals surface area contributed by atoms with Crippen LogP contribution in [0.2, 0.25) is 0 Å². The van der Waals surface area contributed by atoms with Crippen molar-refractivity contribution in [3.05, 3.63) is 30.1 Å². The molecule has 136 valence electrons. The molecular weight excluding hydrogens is 356 g/mol. The molecule has 0 bridgehead atoms. The van der Waals surface area contributed by atoms with Crippen molar-refractivity contribution in [3.63, 3.8) is 0 Å². The van der Waals surface area contributed by atoms with E-state index in [1.54, 1.807) is 0 Å². The second kappa shape index (κ2) is 7.48. The fourth-order valence-corrected chi connectivity index (χ4v) is 3.24. The number of hydrogen-bond donors (Lipinski definition) is 4. The molecule has 1 atom stereocenters. The van der Waals surface area contributed by atoms with E-state index < -0.39 is 0 Å². The van der Waals surface area contributed by atoms with Crippen LogP contribution < -0.4 is 15.8 Å². The van der Waals surface area contributed by atoms with Crippen LogP contribution in [0, 0.1) is 0 Å². The summed E-state index contributed by atoms with van der Waals surface area (Å²) in [5.74, 6) is 0.701. The van der Waals surface area contributed by atoms with Gasteiger partial charge in [-0.3, -0.25) is 4.79 Å². The molecule has 26 heavy (non-hydrogen) atoms. The Hall–Kier alpha value is -3.01. The Kier molecular flexibility index (Phi) is 5.12. The highest BCUT2D eigenvalue weighted by Gasteiger charge is 2.15. The van der Waals surface area contributed by atoms with Crippen molar-refractivity contribution in [2.45, 2.75) is 18.0 Å². The van der Waals surface area contributed by atoms with Crippen LogP contribution in [0.25, 0.3) is 11.2 Å². The van der Waals surface area contributed by atoms with E-state index in [-0.39, 0.29) is 29.4 Å². The number of aromatic hydroxyl groups is 1. The molecule has 0 saturated heterocycles. The molecule has 0 fully saturated rings. The summed E-state index contributed by atoms with van der Waals surface area (Å²) in [6.45, 7) is 1.89. The molecule has 3 aromatic rings. The normalized spacial score (nSPS) is 12.1. The van der Waals surface area contributed by atoms with Gasteiger partial charge >= 0.3 is 0 Å². The zero-order valence-electron chi connectivity index (χ0n) is 14.2. The fourth-order valence-electron chi connectivity index (χ4n) is 2.30. The summed E-state index contributed by atoms with van der Waals surface area (Å²) in [6, 6.07) is 4.31. The number of benzene rings is 1. The van der Waals surface area contributed by atoms with Crippen LogP contribution in [-0.2, 0) is 0 Å². The van der Waals surface area contributed by atoms with Gasteiger partial charge in [0.05, 0.1) is 13.4 Å². The number of amides is 1. The number of aromatic amines is 1. The van der Waals surface area contributed by atoms with Crippen molar-refractivity contribution in [1.29, 1.82) is 0 Å². The molecule has 5 N–H and O–H groups in total. The van der Waals surface area contributed by atoms with E-state index >= 15 is 0 Å². The van der Waals surface area contributed by atoms with Crippen LogP contribution >= 0.6 is 11.8 Å². The zero-order chi connectivity index (χ0) is 18.7. The maximum atomic E-state index is 12.4. The molecule has 2 aromatic heterocycles. The minimum Gasteiger partial charge on any atom is -0.504 e. The number of hydrogen-bond acceptors (Lipinski definition) is 8.